The van der Waals surface area contributed by atoms with Crippen LogP contribution in [-0.2, 0) is 32.6 Å². The van der Waals surface area contributed by atoms with Gasteiger partial charge in [0.25, 0.3) is 0 Å². The Hall–Kier alpha value is -2.62. The molecule has 1 N–H and O–H groups in total. The van der Waals surface area contributed by atoms with Crippen LogP contribution in [0.2, 0.25) is 0 Å². The first kappa shape index (κ1) is 25.0. The number of carbonyl (C=O) groups excluding carboxylic acids is 1. The molecule has 0 saturated carbocycles. The highest BCUT2D eigenvalue weighted by Crippen LogP contribution is 2.24. The summed E-state index contributed by atoms with van der Waals surface area (Å²) in [6.07, 6.45) is 1.04. The highest BCUT2D eigenvalue weighted by atomic mass is 32.2. The van der Waals surface area contributed by atoms with Crippen molar-refractivity contribution in [2.45, 2.75) is 33.0 Å². The summed E-state index contributed by atoms with van der Waals surface area (Å²) in [7, 11) is -3.66. The van der Waals surface area contributed by atoms with Gasteiger partial charge in [0.2, 0.25) is 15.9 Å². The lowest BCUT2D eigenvalue weighted by molar-refractivity contribution is -0.119. The molecule has 3 rings (SSSR count). The third-order valence-corrected chi connectivity index (χ3v) is 6.33. The molecule has 0 unspecified atom stereocenters. The smallest absolute Gasteiger partial charge is 0.241 e. The first-order valence-electron chi connectivity index (χ1n) is 11.1. The monoisotopic (exact) mass is 475 g/mol. The number of sulfonamides is 1. The largest absolute Gasteiger partial charge is 0.491 e. The van der Waals surface area contributed by atoms with Crippen molar-refractivity contribution in [2.75, 3.05) is 43.4 Å². The summed E-state index contributed by atoms with van der Waals surface area (Å²) in [6.45, 7) is 8.08. The van der Waals surface area contributed by atoms with E-state index >= 15 is 0 Å². The first-order chi connectivity index (χ1) is 15.7. The molecule has 0 atom stereocenters. The van der Waals surface area contributed by atoms with E-state index in [2.05, 4.69) is 22.3 Å². The molecule has 1 aliphatic rings. The molecule has 0 spiro atoms. The van der Waals surface area contributed by atoms with Crippen LogP contribution in [0.15, 0.2) is 48.5 Å². The van der Waals surface area contributed by atoms with E-state index < -0.39 is 10.0 Å². The molecular formula is C24H33N3O5S. The van der Waals surface area contributed by atoms with Crippen molar-refractivity contribution in [3.8, 4) is 5.75 Å². The van der Waals surface area contributed by atoms with Crippen LogP contribution in [-0.4, -0.2) is 64.4 Å². The van der Waals surface area contributed by atoms with Gasteiger partial charge in [-0.1, -0.05) is 30.3 Å². The molecule has 0 aliphatic carbocycles. The Kier molecular flexibility index (Phi) is 8.71. The summed E-state index contributed by atoms with van der Waals surface area (Å²) in [6, 6.07) is 14.8. The molecule has 1 aliphatic heterocycles. The van der Waals surface area contributed by atoms with Gasteiger partial charge in [-0.15, -0.1) is 0 Å². The fraction of sp³-hybridized carbons (Fsp3) is 0.458. The first-order valence-corrected chi connectivity index (χ1v) is 12.9. The molecule has 1 amide bonds. The maximum atomic E-state index is 12.6. The van der Waals surface area contributed by atoms with Crippen LogP contribution in [0.25, 0.3) is 0 Å². The number of amides is 1. The van der Waals surface area contributed by atoms with Gasteiger partial charge in [0, 0.05) is 32.2 Å². The molecule has 9 heteroatoms. The van der Waals surface area contributed by atoms with Gasteiger partial charge in [-0.2, -0.15) is 0 Å². The number of hydrogen-bond acceptors (Lipinski definition) is 6. The maximum absolute atomic E-state index is 12.6. The van der Waals surface area contributed by atoms with Crippen LogP contribution in [0.4, 0.5) is 5.69 Å². The Morgan fingerprint density at radius 1 is 1.12 bits per heavy atom. The van der Waals surface area contributed by atoms with Crippen molar-refractivity contribution >= 4 is 21.6 Å². The number of anilines is 1. The minimum atomic E-state index is -3.66. The average Bonchev–Trinajstić information content (AvgIpc) is 2.77. The van der Waals surface area contributed by atoms with Crippen molar-refractivity contribution in [3.05, 3.63) is 59.7 Å². The molecule has 2 aromatic carbocycles. The number of nitrogens with one attached hydrogen (secondary N) is 1. The lowest BCUT2D eigenvalue weighted by atomic mass is 10.1. The molecule has 1 saturated heterocycles. The maximum Gasteiger partial charge on any atom is 0.241 e. The third-order valence-electron chi connectivity index (χ3n) is 5.19. The van der Waals surface area contributed by atoms with E-state index in [4.69, 9.17) is 9.47 Å². The molecule has 180 valence electrons. The van der Waals surface area contributed by atoms with Gasteiger partial charge in [-0.3, -0.25) is 14.0 Å². The Labute approximate surface area is 196 Å². The van der Waals surface area contributed by atoms with E-state index in [0.717, 1.165) is 49.0 Å². The molecule has 33 heavy (non-hydrogen) atoms. The van der Waals surface area contributed by atoms with Crippen LogP contribution in [0.1, 0.15) is 25.0 Å². The summed E-state index contributed by atoms with van der Waals surface area (Å²) in [4.78, 5) is 14.9. The average molecular weight is 476 g/mol. The molecule has 0 aromatic heterocycles. The lowest BCUT2D eigenvalue weighted by Crippen LogP contribution is -2.40. The fourth-order valence-corrected chi connectivity index (χ4v) is 4.40. The molecule has 8 nitrogen and oxygen atoms in total. The van der Waals surface area contributed by atoms with Crippen molar-refractivity contribution in [1.29, 1.82) is 0 Å². The Bertz CT molecular complexity index is 1020. The van der Waals surface area contributed by atoms with Crippen molar-refractivity contribution in [2.24, 2.45) is 0 Å². The highest BCUT2D eigenvalue weighted by Gasteiger charge is 2.21. The molecule has 0 bridgehead atoms. The number of ether oxygens (including phenoxy) is 2. The number of rotatable bonds is 10. The van der Waals surface area contributed by atoms with E-state index in [-0.39, 0.29) is 18.6 Å². The Morgan fingerprint density at radius 3 is 2.42 bits per heavy atom. The lowest BCUT2D eigenvalue weighted by Gasteiger charge is -2.26. The summed E-state index contributed by atoms with van der Waals surface area (Å²) >= 11 is 0. The van der Waals surface area contributed by atoms with E-state index in [1.54, 1.807) is 24.3 Å². The highest BCUT2D eigenvalue weighted by molar-refractivity contribution is 7.92. The topological polar surface area (TPSA) is 88.2 Å². The number of nitrogens with zero attached hydrogens (tertiary/aromatic N) is 2. The predicted octanol–water partition coefficient (Wildman–Crippen LogP) is 2.39. The van der Waals surface area contributed by atoms with Gasteiger partial charge in [0.15, 0.2) is 0 Å². The van der Waals surface area contributed by atoms with Crippen molar-refractivity contribution in [1.82, 2.24) is 10.2 Å². The molecule has 0 radical (unpaired) electrons. The minimum Gasteiger partial charge on any atom is -0.491 e. The zero-order chi connectivity index (χ0) is 23.8. The Balaban J connectivity index is 1.57. The second-order valence-electron chi connectivity index (χ2n) is 8.42. The van der Waals surface area contributed by atoms with Gasteiger partial charge in [0.05, 0.1) is 31.3 Å². The summed E-state index contributed by atoms with van der Waals surface area (Å²) in [5.74, 6) is 0.168. The molecule has 1 fully saturated rings. The van der Waals surface area contributed by atoms with Gasteiger partial charge in [0.1, 0.15) is 12.3 Å². The summed E-state index contributed by atoms with van der Waals surface area (Å²) in [5.41, 5.74) is 2.55. The van der Waals surface area contributed by atoms with Gasteiger partial charge >= 0.3 is 0 Å². The zero-order valence-corrected chi connectivity index (χ0v) is 20.3. The normalized spacial score (nSPS) is 14.8. The standard InChI is InChI=1S/C24H33N3O5S/c1-19(2)32-23-6-4-5-22(15-23)27(33(3,29)30)18-24(28)25-16-20-7-9-21(10-8-20)17-26-11-13-31-14-12-26/h4-10,15,19H,11-14,16-18H2,1-3H3,(H,25,28). The van der Waals surface area contributed by atoms with Gasteiger partial charge < -0.3 is 14.8 Å². The van der Waals surface area contributed by atoms with Crippen LogP contribution < -0.4 is 14.4 Å². The van der Waals surface area contributed by atoms with Crippen LogP contribution in [0.5, 0.6) is 5.75 Å². The predicted molar refractivity (Wildman–Crippen MR) is 129 cm³/mol. The van der Waals surface area contributed by atoms with E-state index in [9.17, 15) is 13.2 Å². The minimum absolute atomic E-state index is 0.0458. The zero-order valence-electron chi connectivity index (χ0n) is 19.5. The summed E-state index contributed by atoms with van der Waals surface area (Å²) in [5, 5.41) is 2.82. The number of hydrogen-bond donors (Lipinski definition) is 1. The van der Waals surface area contributed by atoms with Crippen molar-refractivity contribution in [3.63, 3.8) is 0 Å². The fourth-order valence-electron chi connectivity index (χ4n) is 3.55. The van der Waals surface area contributed by atoms with Crippen LogP contribution >= 0.6 is 0 Å². The third kappa shape index (κ3) is 8.03. The van der Waals surface area contributed by atoms with E-state index in [0.29, 0.717) is 18.0 Å². The molecule has 1 heterocycles. The Morgan fingerprint density at radius 2 is 1.79 bits per heavy atom. The van der Waals surface area contributed by atoms with Gasteiger partial charge in [-0.25, -0.2) is 8.42 Å². The molecular weight excluding hydrogens is 442 g/mol. The molecule has 2 aromatic rings. The van der Waals surface area contributed by atoms with E-state index in [1.807, 2.05) is 26.0 Å². The van der Waals surface area contributed by atoms with Crippen LogP contribution in [0.3, 0.4) is 0 Å². The van der Waals surface area contributed by atoms with Crippen molar-refractivity contribution < 1.29 is 22.7 Å². The van der Waals surface area contributed by atoms with Crippen LogP contribution in [0, 0.1) is 0 Å². The quantitative estimate of drug-likeness (QED) is 0.568. The second-order valence-corrected chi connectivity index (χ2v) is 10.3. The van der Waals surface area contributed by atoms with E-state index in [1.165, 1.54) is 5.56 Å². The van der Waals surface area contributed by atoms with Gasteiger partial charge in [-0.05, 0) is 37.1 Å². The SMILES string of the molecule is CC(C)Oc1cccc(N(CC(=O)NCc2ccc(CN3CCOCC3)cc2)S(C)(=O)=O)c1. The number of benzene rings is 2. The second kappa shape index (κ2) is 11.5. The summed E-state index contributed by atoms with van der Waals surface area (Å²) < 4.78 is 36.9. The number of morpholine rings is 1. The number of carbonyl (C=O) groups is 1.